The van der Waals surface area contributed by atoms with E-state index in [2.05, 4.69) is 29.2 Å². The molecule has 0 bridgehead atoms. The number of nitrogens with zero attached hydrogens (tertiary/aromatic N) is 5. The third-order valence-electron chi connectivity index (χ3n) is 9.71. The van der Waals surface area contributed by atoms with Gasteiger partial charge in [0.05, 0.1) is 24.5 Å². The highest BCUT2D eigenvalue weighted by atomic mass is 35.5. The van der Waals surface area contributed by atoms with Crippen LogP contribution in [-0.2, 0) is 24.8 Å². The van der Waals surface area contributed by atoms with E-state index in [4.69, 9.17) is 16.3 Å². The highest BCUT2D eigenvalue weighted by Crippen LogP contribution is 2.37. The molecule has 7 rings (SSSR count). The molecule has 12 heteroatoms. The van der Waals surface area contributed by atoms with Crippen LogP contribution in [0.1, 0.15) is 42.4 Å². The lowest BCUT2D eigenvalue weighted by Crippen LogP contribution is -2.52. The number of rotatable bonds is 7. The number of benzene rings is 3. The monoisotopic (exact) mass is 741 g/mol. The van der Waals surface area contributed by atoms with E-state index in [0.29, 0.717) is 69.1 Å². The highest BCUT2D eigenvalue weighted by molar-refractivity contribution is 7.11. The van der Waals surface area contributed by atoms with E-state index in [1.807, 2.05) is 35.6 Å². The molecule has 4 heterocycles. The Morgan fingerprint density at radius 2 is 1.73 bits per heavy atom. The van der Waals surface area contributed by atoms with Gasteiger partial charge in [0.2, 0.25) is 0 Å². The van der Waals surface area contributed by atoms with Crippen LogP contribution in [0.15, 0.2) is 84.2 Å². The fourth-order valence-electron chi connectivity index (χ4n) is 6.92. The zero-order valence-electron chi connectivity index (χ0n) is 28.2. The van der Waals surface area contributed by atoms with Crippen LogP contribution >= 0.6 is 35.3 Å². The lowest BCUT2D eigenvalue weighted by molar-refractivity contribution is 0.0193. The summed E-state index contributed by atoms with van der Waals surface area (Å²) >= 11 is 7.86. The van der Waals surface area contributed by atoms with Crippen molar-refractivity contribution in [3.63, 3.8) is 0 Å². The van der Waals surface area contributed by atoms with Gasteiger partial charge in [0.15, 0.2) is 0 Å². The van der Waals surface area contributed by atoms with Crippen LogP contribution in [0.2, 0.25) is 5.02 Å². The number of phenolic OH excluding ortho intramolecular Hbond substituents is 1. The standard InChI is InChI=1S/C39H36ClN5O4S.ClH/c1-25-35(39(48)45(29-8-10-32(46)11-9-29)31-19-33(21-41)50-24-31)20-37(42(25)2)36-18-28(40)7-12-34(36)38(47)44-22-27-6-4-3-5-26(27)17-30(44)23-43-13-15-49-16-14-43;/h3-12,18-20,24,30,46H,13-17,22-23H2,1-2H3;1H/t30-;/m0./s1. The molecule has 1 N–H and O–H groups in total. The molecule has 2 amide bonds. The van der Waals surface area contributed by atoms with Crippen molar-refractivity contribution < 1.29 is 19.4 Å². The van der Waals surface area contributed by atoms with Crippen molar-refractivity contribution in [1.82, 2.24) is 14.4 Å². The summed E-state index contributed by atoms with van der Waals surface area (Å²) in [6.45, 7) is 6.13. The number of nitriles is 1. The number of morpholine rings is 1. The molecular formula is C39H37Cl2N5O4S. The molecule has 2 aliphatic rings. The predicted molar refractivity (Wildman–Crippen MR) is 203 cm³/mol. The van der Waals surface area contributed by atoms with Crippen molar-refractivity contribution in [2.45, 2.75) is 25.9 Å². The van der Waals surface area contributed by atoms with E-state index in [9.17, 15) is 20.0 Å². The number of aromatic hydroxyl groups is 1. The Labute approximate surface area is 312 Å². The smallest absolute Gasteiger partial charge is 0.264 e. The van der Waals surface area contributed by atoms with Crippen LogP contribution in [0.5, 0.6) is 5.75 Å². The minimum absolute atomic E-state index is 0. The number of halogens is 2. The van der Waals surface area contributed by atoms with E-state index in [1.165, 1.54) is 33.9 Å². The summed E-state index contributed by atoms with van der Waals surface area (Å²) in [5.74, 6) is -0.334. The lowest BCUT2D eigenvalue weighted by Gasteiger charge is -2.40. The Morgan fingerprint density at radius 3 is 2.43 bits per heavy atom. The number of hydrogen-bond acceptors (Lipinski definition) is 7. The van der Waals surface area contributed by atoms with Gasteiger partial charge in [-0.05, 0) is 79.1 Å². The number of hydrogen-bond donors (Lipinski definition) is 1. The molecule has 0 unspecified atom stereocenters. The zero-order chi connectivity index (χ0) is 34.9. The molecule has 2 aromatic heterocycles. The van der Waals surface area contributed by atoms with Crippen LogP contribution in [0.25, 0.3) is 11.3 Å². The highest BCUT2D eigenvalue weighted by Gasteiger charge is 2.34. The van der Waals surface area contributed by atoms with Gasteiger partial charge in [-0.25, -0.2) is 0 Å². The number of amides is 2. The fraction of sp³-hybridized carbons (Fsp3) is 0.256. The van der Waals surface area contributed by atoms with Crippen LogP contribution in [0.3, 0.4) is 0 Å². The minimum atomic E-state index is -0.314. The van der Waals surface area contributed by atoms with Gasteiger partial charge in [0, 0.05) is 77.9 Å². The first kappa shape index (κ1) is 36.2. The summed E-state index contributed by atoms with van der Waals surface area (Å²) in [4.78, 5) is 35.6. The van der Waals surface area contributed by atoms with Gasteiger partial charge in [-0.1, -0.05) is 35.9 Å². The van der Waals surface area contributed by atoms with Gasteiger partial charge in [-0.15, -0.1) is 23.7 Å². The van der Waals surface area contributed by atoms with Crippen molar-refractivity contribution in [2.75, 3.05) is 37.7 Å². The maximum atomic E-state index is 14.8. The molecule has 51 heavy (non-hydrogen) atoms. The largest absolute Gasteiger partial charge is 0.508 e. The number of fused-ring (bicyclic) bond motifs is 1. The molecule has 1 atom stereocenters. The third kappa shape index (κ3) is 7.27. The van der Waals surface area contributed by atoms with E-state index >= 15 is 0 Å². The Morgan fingerprint density at radius 1 is 1.00 bits per heavy atom. The molecule has 1 fully saturated rings. The molecule has 3 aromatic carbocycles. The van der Waals surface area contributed by atoms with E-state index in [1.54, 1.807) is 41.8 Å². The molecular weight excluding hydrogens is 705 g/mol. The van der Waals surface area contributed by atoms with Gasteiger partial charge in [0.25, 0.3) is 11.8 Å². The number of aromatic nitrogens is 1. The quantitative estimate of drug-likeness (QED) is 0.185. The van der Waals surface area contributed by atoms with Crippen molar-refractivity contribution in [1.29, 1.82) is 5.26 Å². The molecule has 262 valence electrons. The Kier molecular flexibility index (Phi) is 10.9. The van der Waals surface area contributed by atoms with Gasteiger partial charge in [-0.2, -0.15) is 5.26 Å². The number of phenols is 1. The normalized spacial score (nSPS) is 15.8. The second-order valence-corrected chi connectivity index (χ2v) is 14.0. The number of ether oxygens (including phenoxy) is 1. The van der Waals surface area contributed by atoms with Crippen molar-refractivity contribution in [2.24, 2.45) is 7.05 Å². The molecule has 1 saturated heterocycles. The van der Waals surface area contributed by atoms with Crippen molar-refractivity contribution in [3.8, 4) is 23.1 Å². The lowest BCUT2D eigenvalue weighted by atomic mass is 9.92. The topological polar surface area (TPSA) is 102 Å². The van der Waals surface area contributed by atoms with E-state index in [0.717, 1.165) is 31.6 Å². The molecule has 2 aliphatic heterocycles. The minimum Gasteiger partial charge on any atom is -0.508 e. The van der Waals surface area contributed by atoms with Gasteiger partial charge in [-0.3, -0.25) is 19.4 Å². The second-order valence-electron chi connectivity index (χ2n) is 12.7. The Balaban J connectivity index is 0.00000448. The summed E-state index contributed by atoms with van der Waals surface area (Å²) in [6, 6.07) is 25.6. The summed E-state index contributed by atoms with van der Waals surface area (Å²) in [5.41, 5.74) is 6.42. The van der Waals surface area contributed by atoms with Crippen molar-refractivity contribution >= 4 is 58.5 Å². The number of thiophene rings is 1. The third-order valence-corrected chi connectivity index (χ3v) is 10.8. The maximum Gasteiger partial charge on any atom is 0.264 e. The molecule has 0 aliphatic carbocycles. The number of carbonyl (C=O) groups is 2. The van der Waals surface area contributed by atoms with E-state index < -0.39 is 0 Å². The van der Waals surface area contributed by atoms with Gasteiger partial charge in [0.1, 0.15) is 16.7 Å². The van der Waals surface area contributed by atoms with Crippen LogP contribution in [0, 0.1) is 18.3 Å². The Hall–Kier alpha value is -4.63. The van der Waals surface area contributed by atoms with Gasteiger partial charge >= 0.3 is 0 Å². The summed E-state index contributed by atoms with van der Waals surface area (Å²) in [5, 5.41) is 21.7. The Bertz CT molecular complexity index is 2120. The van der Waals surface area contributed by atoms with Crippen LogP contribution in [0.4, 0.5) is 11.4 Å². The predicted octanol–water partition coefficient (Wildman–Crippen LogP) is 7.59. The van der Waals surface area contributed by atoms with Crippen LogP contribution < -0.4 is 4.90 Å². The first-order valence-electron chi connectivity index (χ1n) is 16.5. The summed E-state index contributed by atoms with van der Waals surface area (Å²) in [7, 11) is 1.87. The summed E-state index contributed by atoms with van der Waals surface area (Å²) in [6.07, 6.45) is 0.757. The molecule has 0 saturated carbocycles. The zero-order valence-corrected chi connectivity index (χ0v) is 30.6. The maximum absolute atomic E-state index is 14.8. The fourth-order valence-corrected chi connectivity index (χ4v) is 7.76. The second kappa shape index (κ2) is 15.3. The first-order chi connectivity index (χ1) is 24.2. The average Bonchev–Trinajstić information content (AvgIpc) is 3.72. The number of anilines is 2. The van der Waals surface area contributed by atoms with Crippen LogP contribution in [-0.4, -0.2) is 70.2 Å². The van der Waals surface area contributed by atoms with E-state index in [-0.39, 0.29) is 36.0 Å². The van der Waals surface area contributed by atoms with Crippen molar-refractivity contribution in [3.05, 3.63) is 122 Å². The molecule has 5 aromatic rings. The van der Waals surface area contributed by atoms with Gasteiger partial charge < -0.3 is 19.3 Å². The summed E-state index contributed by atoms with van der Waals surface area (Å²) < 4.78 is 7.51. The average molecular weight is 743 g/mol. The molecule has 0 spiro atoms. The molecule has 0 radical (unpaired) electrons. The number of carbonyl (C=O) groups excluding carboxylic acids is 2. The first-order valence-corrected chi connectivity index (χ1v) is 17.7. The SMILES string of the molecule is Cc1c(C(=O)N(c2ccc(O)cc2)c2csc(C#N)c2)cc(-c2cc(Cl)ccc2C(=O)N2Cc3ccccc3C[C@H]2CN2CCOCC2)n1C.Cl. The molecule has 9 nitrogen and oxygen atoms in total.